The van der Waals surface area contributed by atoms with E-state index in [-0.39, 0.29) is 24.3 Å². The first-order chi connectivity index (χ1) is 15.5. The fraction of sp³-hybridized carbons (Fsp3) is 0.160. The van der Waals surface area contributed by atoms with E-state index in [0.717, 1.165) is 11.3 Å². The fourth-order valence-electron chi connectivity index (χ4n) is 3.06. The van der Waals surface area contributed by atoms with Gasteiger partial charge in [-0.2, -0.15) is 0 Å². The van der Waals surface area contributed by atoms with Crippen molar-refractivity contribution < 1.29 is 14.4 Å². The van der Waals surface area contributed by atoms with Crippen molar-refractivity contribution in [3.8, 4) is 0 Å². The van der Waals surface area contributed by atoms with Crippen LogP contribution in [0.15, 0.2) is 78.9 Å². The third-order valence-electron chi connectivity index (χ3n) is 4.57. The smallest absolute Gasteiger partial charge is 0.243 e. The van der Waals surface area contributed by atoms with E-state index in [1.807, 2.05) is 48.5 Å². The molecule has 4 N–H and O–H groups in total. The molecule has 0 saturated carbocycles. The normalized spacial score (nSPS) is 10.2. The van der Waals surface area contributed by atoms with Gasteiger partial charge >= 0.3 is 0 Å². The van der Waals surface area contributed by atoms with Crippen molar-refractivity contribution in [2.24, 2.45) is 0 Å². The maximum atomic E-state index is 12.2. The van der Waals surface area contributed by atoms with Gasteiger partial charge in [-0.3, -0.25) is 14.4 Å². The molecule has 0 aliphatic rings. The summed E-state index contributed by atoms with van der Waals surface area (Å²) < 4.78 is 0. The number of amides is 3. The van der Waals surface area contributed by atoms with Crippen molar-refractivity contribution in [3.05, 3.63) is 84.4 Å². The van der Waals surface area contributed by atoms with Crippen LogP contribution in [-0.4, -0.2) is 24.3 Å². The topological polar surface area (TPSA) is 99.3 Å². The first kappa shape index (κ1) is 22.6. The molecule has 0 radical (unpaired) electrons. The van der Waals surface area contributed by atoms with Crippen LogP contribution in [-0.2, 0) is 20.8 Å². The van der Waals surface area contributed by atoms with Crippen LogP contribution < -0.4 is 21.3 Å². The SMILES string of the molecule is CC(=O)Nc1ccc(NC(=O)CNc2cccc(NC(=O)CCc3ccccc3)c2)cc1. The van der Waals surface area contributed by atoms with Crippen LogP contribution >= 0.6 is 0 Å². The van der Waals surface area contributed by atoms with Crippen molar-refractivity contribution in [2.45, 2.75) is 19.8 Å². The predicted molar refractivity (Wildman–Crippen MR) is 128 cm³/mol. The van der Waals surface area contributed by atoms with Gasteiger partial charge in [0.15, 0.2) is 0 Å². The number of carbonyl (C=O) groups is 3. The Morgan fingerprint density at radius 2 is 1.28 bits per heavy atom. The lowest BCUT2D eigenvalue weighted by Crippen LogP contribution is -2.21. The van der Waals surface area contributed by atoms with Crippen LogP contribution in [0.4, 0.5) is 22.7 Å². The summed E-state index contributed by atoms with van der Waals surface area (Å²) in [7, 11) is 0. The zero-order chi connectivity index (χ0) is 22.8. The number of hydrogen-bond donors (Lipinski definition) is 4. The van der Waals surface area contributed by atoms with Crippen molar-refractivity contribution in [2.75, 3.05) is 27.8 Å². The number of benzene rings is 3. The van der Waals surface area contributed by atoms with Crippen LogP contribution in [0.5, 0.6) is 0 Å². The van der Waals surface area contributed by atoms with Crippen molar-refractivity contribution in [3.63, 3.8) is 0 Å². The number of nitrogens with one attached hydrogen (secondary N) is 4. The molecule has 0 unspecified atom stereocenters. The molecule has 3 rings (SSSR count). The average Bonchev–Trinajstić information content (AvgIpc) is 2.78. The summed E-state index contributed by atoms with van der Waals surface area (Å²) in [5.41, 5.74) is 3.81. The predicted octanol–water partition coefficient (Wildman–Crippen LogP) is 4.27. The Balaban J connectivity index is 1.45. The minimum atomic E-state index is -0.213. The quantitative estimate of drug-likeness (QED) is 0.407. The molecule has 32 heavy (non-hydrogen) atoms. The Bertz CT molecular complexity index is 1070. The van der Waals surface area contributed by atoms with Gasteiger partial charge in [-0.25, -0.2) is 0 Å². The molecule has 7 heteroatoms. The lowest BCUT2D eigenvalue weighted by molar-refractivity contribution is -0.116. The van der Waals surface area contributed by atoms with E-state index in [9.17, 15) is 14.4 Å². The van der Waals surface area contributed by atoms with E-state index in [0.29, 0.717) is 29.9 Å². The summed E-state index contributed by atoms with van der Waals surface area (Å²) in [5.74, 6) is -0.429. The summed E-state index contributed by atoms with van der Waals surface area (Å²) >= 11 is 0. The van der Waals surface area contributed by atoms with E-state index < -0.39 is 0 Å². The van der Waals surface area contributed by atoms with E-state index >= 15 is 0 Å². The monoisotopic (exact) mass is 430 g/mol. The first-order valence-electron chi connectivity index (χ1n) is 10.3. The standard InChI is InChI=1S/C25H26N4O3/c1-18(30)27-20-11-13-21(14-12-20)28-25(32)17-26-22-8-5-9-23(16-22)29-24(31)15-10-19-6-3-2-4-7-19/h2-9,11-14,16,26H,10,15,17H2,1H3,(H,27,30)(H,28,32)(H,29,31). The highest BCUT2D eigenvalue weighted by molar-refractivity contribution is 5.95. The molecule has 0 aliphatic heterocycles. The maximum Gasteiger partial charge on any atom is 0.243 e. The van der Waals surface area contributed by atoms with Crippen LogP contribution in [0, 0.1) is 0 Å². The number of aryl methyl sites for hydroxylation is 1. The Hall–Kier alpha value is -4.13. The Morgan fingerprint density at radius 3 is 1.97 bits per heavy atom. The highest BCUT2D eigenvalue weighted by atomic mass is 16.2. The Kier molecular flexibility index (Phi) is 7.97. The van der Waals surface area contributed by atoms with Gasteiger partial charge in [0.25, 0.3) is 0 Å². The molecule has 0 heterocycles. The van der Waals surface area contributed by atoms with Gasteiger partial charge in [-0.1, -0.05) is 36.4 Å². The molecule has 0 aromatic heterocycles. The van der Waals surface area contributed by atoms with Crippen LogP contribution in [0.3, 0.4) is 0 Å². The molecule has 7 nitrogen and oxygen atoms in total. The van der Waals surface area contributed by atoms with Gasteiger partial charge in [0.1, 0.15) is 0 Å². The molecular weight excluding hydrogens is 404 g/mol. The van der Waals surface area contributed by atoms with Crippen LogP contribution in [0.25, 0.3) is 0 Å². The van der Waals surface area contributed by atoms with E-state index in [1.54, 1.807) is 30.3 Å². The third kappa shape index (κ3) is 7.60. The van der Waals surface area contributed by atoms with Crippen LogP contribution in [0.2, 0.25) is 0 Å². The fourth-order valence-corrected chi connectivity index (χ4v) is 3.06. The molecule has 3 aromatic carbocycles. The maximum absolute atomic E-state index is 12.2. The molecule has 3 amide bonds. The zero-order valence-corrected chi connectivity index (χ0v) is 17.9. The third-order valence-corrected chi connectivity index (χ3v) is 4.57. The summed E-state index contributed by atoms with van der Waals surface area (Å²) in [4.78, 5) is 35.5. The van der Waals surface area contributed by atoms with E-state index in [4.69, 9.17) is 0 Å². The van der Waals surface area contributed by atoms with Gasteiger partial charge in [0.2, 0.25) is 17.7 Å². The highest BCUT2D eigenvalue weighted by Crippen LogP contribution is 2.16. The second-order valence-corrected chi connectivity index (χ2v) is 7.27. The second kappa shape index (κ2) is 11.3. The molecule has 0 aliphatic carbocycles. The molecule has 0 fully saturated rings. The van der Waals surface area contributed by atoms with Gasteiger partial charge in [-0.15, -0.1) is 0 Å². The summed E-state index contributed by atoms with van der Waals surface area (Å²) in [6.45, 7) is 1.51. The Labute approximate surface area is 187 Å². The zero-order valence-electron chi connectivity index (χ0n) is 17.9. The van der Waals surface area contributed by atoms with Crippen molar-refractivity contribution in [1.82, 2.24) is 0 Å². The number of rotatable bonds is 9. The molecule has 0 saturated heterocycles. The minimum absolute atomic E-state index is 0.0635. The lowest BCUT2D eigenvalue weighted by Gasteiger charge is -2.11. The van der Waals surface area contributed by atoms with Gasteiger partial charge in [-0.05, 0) is 54.4 Å². The summed E-state index contributed by atoms with van der Waals surface area (Å²) in [6.07, 6.45) is 1.07. The van der Waals surface area contributed by atoms with Gasteiger partial charge in [0, 0.05) is 36.1 Å². The largest absolute Gasteiger partial charge is 0.376 e. The van der Waals surface area contributed by atoms with Crippen molar-refractivity contribution >= 4 is 40.5 Å². The second-order valence-electron chi connectivity index (χ2n) is 7.27. The highest BCUT2D eigenvalue weighted by Gasteiger charge is 2.06. The van der Waals surface area contributed by atoms with Crippen molar-refractivity contribution in [1.29, 1.82) is 0 Å². The van der Waals surface area contributed by atoms with Crippen LogP contribution in [0.1, 0.15) is 18.9 Å². The number of anilines is 4. The van der Waals surface area contributed by atoms with Gasteiger partial charge in [0.05, 0.1) is 6.54 Å². The molecule has 0 atom stereocenters. The molecule has 0 bridgehead atoms. The van der Waals surface area contributed by atoms with E-state index in [1.165, 1.54) is 6.92 Å². The number of carbonyl (C=O) groups excluding carboxylic acids is 3. The Morgan fingerprint density at radius 1 is 0.656 bits per heavy atom. The molecular formula is C25H26N4O3. The van der Waals surface area contributed by atoms with Gasteiger partial charge < -0.3 is 21.3 Å². The molecule has 0 spiro atoms. The lowest BCUT2D eigenvalue weighted by atomic mass is 10.1. The molecule has 164 valence electrons. The molecule has 3 aromatic rings. The minimum Gasteiger partial charge on any atom is -0.376 e. The first-order valence-corrected chi connectivity index (χ1v) is 10.3. The van der Waals surface area contributed by atoms with E-state index in [2.05, 4.69) is 21.3 Å². The number of hydrogen-bond acceptors (Lipinski definition) is 4. The summed E-state index contributed by atoms with van der Waals surface area (Å²) in [5, 5.41) is 11.4. The summed E-state index contributed by atoms with van der Waals surface area (Å²) in [6, 6.07) is 24.0. The average molecular weight is 431 g/mol.